The van der Waals surface area contributed by atoms with Crippen LogP contribution >= 0.6 is 0 Å². The van der Waals surface area contributed by atoms with Gasteiger partial charge in [0.2, 0.25) is 5.91 Å². The van der Waals surface area contributed by atoms with Crippen LogP contribution in [0.5, 0.6) is 0 Å². The summed E-state index contributed by atoms with van der Waals surface area (Å²) in [5.74, 6) is -0.184. The highest BCUT2D eigenvalue weighted by Gasteiger charge is 2.11. The molecule has 0 aliphatic heterocycles. The number of carbonyl (C=O) groups is 2. The van der Waals surface area contributed by atoms with Crippen molar-refractivity contribution in [3.63, 3.8) is 0 Å². The van der Waals surface area contributed by atoms with E-state index in [0.29, 0.717) is 5.56 Å². The van der Waals surface area contributed by atoms with Crippen LogP contribution in [-0.2, 0) is 4.79 Å². The predicted molar refractivity (Wildman–Crippen MR) is 62.0 cm³/mol. The van der Waals surface area contributed by atoms with Crippen molar-refractivity contribution < 1.29 is 9.59 Å². The maximum Gasteiger partial charge on any atom is 0.235 e. The largest absolute Gasteiger partial charge is 0.294 e. The summed E-state index contributed by atoms with van der Waals surface area (Å²) in [7, 11) is 0. The van der Waals surface area contributed by atoms with Crippen LogP contribution in [0.15, 0.2) is 30.5 Å². The van der Waals surface area contributed by atoms with E-state index in [1.54, 1.807) is 10.9 Å². The monoisotopic (exact) mass is 216 g/mol. The molecule has 1 aromatic heterocycles. The van der Waals surface area contributed by atoms with E-state index in [1.165, 1.54) is 13.8 Å². The van der Waals surface area contributed by atoms with Crippen LogP contribution in [0.25, 0.3) is 10.9 Å². The molecular formula is C12H12N2O2. The van der Waals surface area contributed by atoms with Gasteiger partial charge in [-0.25, -0.2) is 0 Å². The first-order valence-corrected chi connectivity index (χ1v) is 4.98. The van der Waals surface area contributed by atoms with Crippen LogP contribution in [0.2, 0.25) is 0 Å². The van der Waals surface area contributed by atoms with Crippen molar-refractivity contribution in [3.05, 3.63) is 36.0 Å². The highest BCUT2D eigenvalue weighted by Crippen LogP contribution is 2.20. The molecule has 0 aliphatic rings. The van der Waals surface area contributed by atoms with Gasteiger partial charge in [0.1, 0.15) is 0 Å². The summed E-state index contributed by atoms with van der Waals surface area (Å²) in [5.41, 5.74) is 4.09. The molecule has 4 nitrogen and oxygen atoms in total. The molecular weight excluding hydrogens is 204 g/mol. The maximum atomic E-state index is 11.4. The molecule has 0 fully saturated rings. The molecule has 16 heavy (non-hydrogen) atoms. The zero-order chi connectivity index (χ0) is 11.7. The molecule has 0 aliphatic carbocycles. The smallest absolute Gasteiger partial charge is 0.235 e. The number of ketones is 1. The lowest BCUT2D eigenvalue weighted by Gasteiger charge is -2.03. The summed E-state index contributed by atoms with van der Waals surface area (Å²) < 4.78 is 1.58. The Kier molecular flexibility index (Phi) is 2.48. The number of benzene rings is 1. The van der Waals surface area contributed by atoms with Crippen molar-refractivity contribution in [2.24, 2.45) is 0 Å². The number of rotatable bonds is 2. The summed E-state index contributed by atoms with van der Waals surface area (Å²) in [6, 6.07) is 7.46. The molecule has 0 unspecified atom stereocenters. The lowest BCUT2D eigenvalue weighted by atomic mass is 10.1. The van der Waals surface area contributed by atoms with E-state index in [0.717, 1.165) is 10.9 Å². The van der Waals surface area contributed by atoms with Crippen LogP contribution in [0, 0.1) is 0 Å². The molecule has 1 heterocycles. The van der Waals surface area contributed by atoms with Gasteiger partial charge in [-0.1, -0.05) is 18.2 Å². The number of nitrogens with zero attached hydrogens (tertiary/aromatic N) is 1. The molecule has 0 saturated heterocycles. The number of para-hydroxylation sites is 1. The normalized spacial score (nSPS) is 10.4. The Morgan fingerprint density at radius 3 is 2.50 bits per heavy atom. The lowest BCUT2D eigenvalue weighted by Crippen LogP contribution is -2.18. The molecule has 0 saturated carbocycles. The lowest BCUT2D eigenvalue weighted by molar-refractivity contribution is -0.115. The second-order valence-electron chi connectivity index (χ2n) is 3.65. The molecule has 2 rings (SSSR count). The topological polar surface area (TPSA) is 51.1 Å². The molecule has 0 atom stereocenters. The predicted octanol–water partition coefficient (Wildman–Crippen LogP) is 1.93. The average molecular weight is 216 g/mol. The highest BCUT2D eigenvalue weighted by atomic mass is 16.2. The summed E-state index contributed by atoms with van der Waals surface area (Å²) >= 11 is 0. The van der Waals surface area contributed by atoms with E-state index in [4.69, 9.17) is 0 Å². The van der Waals surface area contributed by atoms with Gasteiger partial charge in [-0.05, 0) is 13.0 Å². The highest BCUT2D eigenvalue weighted by molar-refractivity contribution is 6.07. The number of aromatic nitrogens is 1. The van der Waals surface area contributed by atoms with Gasteiger partial charge in [-0.15, -0.1) is 0 Å². The van der Waals surface area contributed by atoms with Gasteiger partial charge >= 0.3 is 0 Å². The first kappa shape index (κ1) is 10.4. The Morgan fingerprint density at radius 2 is 1.88 bits per heavy atom. The second kappa shape index (κ2) is 3.81. The molecule has 4 heteroatoms. The standard InChI is InChI=1S/C12H12N2O2/c1-8(15)11-7-14(13-9(2)16)12-6-4-3-5-10(11)12/h3-7H,1-2H3,(H,13,16). The Hall–Kier alpha value is -2.10. The fraction of sp³-hybridized carbons (Fsp3) is 0.167. The van der Waals surface area contributed by atoms with E-state index < -0.39 is 0 Å². The van der Waals surface area contributed by atoms with Crippen molar-refractivity contribution in [1.29, 1.82) is 0 Å². The average Bonchev–Trinajstić information content (AvgIpc) is 2.57. The second-order valence-corrected chi connectivity index (χ2v) is 3.65. The van der Waals surface area contributed by atoms with E-state index in [9.17, 15) is 9.59 Å². The van der Waals surface area contributed by atoms with Gasteiger partial charge in [0, 0.05) is 24.1 Å². The fourth-order valence-electron chi connectivity index (χ4n) is 1.72. The quantitative estimate of drug-likeness (QED) is 0.780. The third-order valence-corrected chi connectivity index (χ3v) is 2.37. The van der Waals surface area contributed by atoms with Crippen LogP contribution in [-0.4, -0.2) is 16.4 Å². The minimum atomic E-state index is -0.171. The van der Waals surface area contributed by atoms with Gasteiger partial charge < -0.3 is 0 Å². The molecule has 0 bridgehead atoms. The molecule has 1 aromatic carbocycles. The van der Waals surface area contributed by atoms with Crippen molar-refractivity contribution in [2.45, 2.75) is 13.8 Å². The van der Waals surface area contributed by atoms with Gasteiger partial charge in [0.25, 0.3) is 0 Å². The van der Waals surface area contributed by atoms with Crippen molar-refractivity contribution >= 4 is 22.6 Å². The SMILES string of the molecule is CC(=O)Nn1cc(C(C)=O)c2ccccc21. The number of fused-ring (bicyclic) bond motifs is 1. The Bertz CT molecular complexity index is 569. The summed E-state index contributed by atoms with van der Waals surface area (Å²) in [5, 5.41) is 0.851. The minimum absolute atomic E-state index is 0.0136. The van der Waals surface area contributed by atoms with Crippen LogP contribution in [0.1, 0.15) is 24.2 Å². The van der Waals surface area contributed by atoms with Crippen molar-refractivity contribution in [1.82, 2.24) is 4.68 Å². The van der Waals surface area contributed by atoms with Crippen molar-refractivity contribution in [3.8, 4) is 0 Å². The van der Waals surface area contributed by atoms with Crippen LogP contribution in [0.4, 0.5) is 0 Å². The molecule has 0 spiro atoms. The first-order valence-electron chi connectivity index (χ1n) is 4.98. The zero-order valence-corrected chi connectivity index (χ0v) is 9.15. The third-order valence-electron chi connectivity index (χ3n) is 2.37. The minimum Gasteiger partial charge on any atom is -0.294 e. The Morgan fingerprint density at radius 1 is 1.19 bits per heavy atom. The Balaban J connectivity index is 2.66. The first-order chi connectivity index (χ1) is 7.59. The summed E-state index contributed by atoms with van der Waals surface area (Å²) in [4.78, 5) is 22.5. The molecule has 1 amide bonds. The number of carbonyl (C=O) groups excluding carboxylic acids is 2. The molecule has 2 aromatic rings. The van der Waals surface area contributed by atoms with Crippen LogP contribution < -0.4 is 5.43 Å². The Labute approximate surface area is 92.8 Å². The van der Waals surface area contributed by atoms with E-state index in [2.05, 4.69) is 5.43 Å². The molecule has 1 N–H and O–H groups in total. The van der Waals surface area contributed by atoms with Crippen LogP contribution in [0.3, 0.4) is 0 Å². The molecule has 0 radical (unpaired) electrons. The summed E-state index contributed by atoms with van der Waals surface area (Å²) in [6.07, 6.45) is 1.65. The van der Waals surface area contributed by atoms with E-state index in [-0.39, 0.29) is 11.7 Å². The van der Waals surface area contributed by atoms with Gasteiger partial charge in [0.05, 0.1) is 5.52 Å². The zero-order valence-electron chi connectivity index (χ0n) is 9.15. The van der Waals surface area contributed by atoms with Gasteiger partial charge in [-0.3, -0.25) is 19.7 Å². The third kappa shape index (κ3) is 1.69. The number of amides is 1. The fourth-order valence-corrected chi connectivity index (χ4v) is 1.72. The number of hydrogen-bond donors (Lipinski definition) is 1. The molecule has 82 valence electrons. The van der Waals surface area contributed by atoms with Crippen molar-refractivity contribution in [2.75, 3.05) is 5.43 Å². The van der Waals surface area contributed by atoms with Gasteiger partial charge in [-0.2, -0.15) is 0 Å². The number of Topliss-reactive ketones (excluding diaryl/α,β-unsaturated/α-hetero) is 1. The number of nitrogens with one attached hydrogen (secondary N) is 1. The van der Waals surface area contributed by atoms with E-state index >= 15 is 0 Å². The van der Waals surface area contributed by atoms with E-state index in [1.807, 2.05) is 24.3 Å². The number of hydrogen-bond acceptors (Lipinski definition) is 2. The maximum absolute atomic E-state index is 11.4. The van der Waals surface area contributed by atoms with Gasteiger partial charge in [0.15, 0.2) is 5.78 Å². The summed E-state index contributed by atoms with van der Waals surface area (Å²) in [6.45, 7) is 2.95.